The van der Waals surface area contributed by atoms with E-state index in [-0.39, 0.29) is 6.54 Å². The minimum Gasteiger partial charge on any atom is -0.480 e. The summed E-state index contributed by atoms with van der Waals surface area (Å²) in [6.07, 6.45) is 3.22. The lowest BCUT2D eigenvalue weighted by Gasteiger charge is -2.19. The van der Waals surface area contributed by atoms with Crippen LogP contribution in [0.25, 0.3) is 11.0 Å². The zero-order valence-corrected chi connectivity index (χ0v) is 9.78. The van der Waals surface area contributed by atoms with Gasteiger partial charge in [0.25, 0.3) is 0 Å². The second kappa shape index (κ2) is 5.27. The molecule has 0 saturated carbocycles. The van der Waals surface area contributed by atoms with E-state index in [4.69, 9.17) is 5.11 Å². The van der Waals surface area contributed by atoms with E-state index in [2.05, 4.69) is 16.5 Å². The molecule has 0 aliphatic rings. The van der Waals surface area contributed by atoms with Crippen molar-refractivity contribution in [1.82, 2.24) is 9.97 Å². The van der Waals surface area contributed by atoms with E-state index < -0.39 is 5.97 Å². The van der Waals surface area contributed by atoms with Crippen LogP contribution in [0, 0.1) is 0 Å². The average molecular weight is 243 g/mol. The number of aromatic nitrogens is 2. The lowest BCUT2D eigenvalue weighted by Crippen LogP contribution is -2.30. The van der Waals surface area contributed by atoms with Crippen molar-refractivity contribution in [2.24, 2.45) is 0 Å². The molecule has 1 heterocycles. The molecule has 5 nitrogen and oxygen atoms in total. The third kappa shape index (κ3) is 2.63. The van der Waals surface area contributed by atoms with E-state index in [0.717, 1.165) is 11.0 Å². The summed E-state index contributed by atoms with van der Waals surface area (Å²) in [4.78, 5) is 21.1. The van der Waals surface area contributed by atoms with Crippen LogP contribution in [0.5, 0.6) is 0 Å². The number of benzene rings is 1. The fraction of sp³-hybridized carbons (Fsp3) is 0.154. The van der Waals surface area contributed by atoms with Crippen LogP contribution in [0.4, 0.5) is 5.82 Å². The van der Waals surface area contributed by atoms with Crippen molar-refractivity contribution < 1.29 is 9.90 Å². The van der Waals surface area contributed by atoms with Crippen molar-refractivity contribution in [1.29, 1.82) is 0 Å². The summed E-state index contributed by atoms with van der Waals surface area (Å²) in [7, 11) is 0. The fourth-order valence-corrected chi connectivity index (χ4v) is 1.66. The predicted octanol–water partition coefficient (Wildman–Crippen LogP) is 1.71. The summed E-state index contributed by atoms with van der Waals surface area (Å²) in [6.45, 7) is 3.90. The Hall–Kier alpha value is -2.43. The normalized spacial score (nSPS) is 10.2. The topological polar surface area (TPSA) is 66.3 Å². The van der Waals surface area contributed by atoms with Crippen molar-refractivity contribution in [3.05, 3.63) is 43.1 Å². The van der Waals surface area contributed by atoms with Crippen LogP contribution in [0.1, 0.15) is 0 Å². The molecule has 0 amide bonds. The number of para-hydroxylation sites is 2. The van der Waals surface area contributed by atoms with Gasteiger partial charge in [0.2, 0.25) is 0 Å². The number of carboxylic acid groups (broad SMARTS) is 1. The Balaban J connectivity index is 2.37. The first-order valence-electron chi connectivity index (χ1n) is 5.50. The lowest BCUT2D eigenvalue weighted by molar-refractivity contribution is -0.135. The zero-order valence-electron chi connectivity index (χ0n) is 9.78. The van der Waals surface area contributed by atoms with E-state index in [1.807, 2.05) is 24.3 Å². The Kier molecular flexibility index (Phi) is 3.52. The molecule has 0 spiro atoms. The first-order valence-corrected chi connectivity index (χ1v) is 5.50. The summed E-state index contributed by atoms with van der Waals surface area (Å²) in [5.41, 5.74) is 1.53. The van der Waals surface area contributed by atoms with Crippen molar-refractivity contribution in [3.8, 4) is 0 Å². The molecule has 0 unspecified atom stereocenters. The summed E-state index contributed by atoms with van der Waals surface area (Å²) in [6, 6.07) is 7.46. The van der Waals surface area contributed by atoms with E-state index in [1.165, 1.54) is 0 Å². The van der Waals surface area contributed by atoms with Crippen LogP contribution in [-0.2, 0) is 4.79 Å². The molecule has 0 fully saturated rings. The Morgan fingerprint density at radius 3 is 2.78 bits per heavy atom. The number of hydrogen-bond acceptors (Lipinski definition) is 4. The van der Waals surface area contributed by atoms with Crippen LogP contribution in [0.3, 0.4) is 0 Å². The fourth-order valence-electron chi connectivity index (χ4n) is 1.66. The molecule has 2 aromatic rings. The Bertz CT molecular complexity index is 583. The number of nitrogens with zero attached hydrogens (tertiary/aromatic N) is 3. The Morgan fingerprint density at radius 1 is 1.39 bits per heavy atom. The minimum absolute atomic E-state index is 0.126. The number of rotatable bonds is 5. The third-order valence-electron chi connectivity index (χ3n) is 2.44. The van der Waals surface area contributed by atoms with Gasteiger partial charge in [0, 0.05) is 6.54 Å². The van der Waals surface area contributed by atoms with Crippen LogP contribution < -0.4 is 4.90 Å². The molecule has 0 radical (unpaired) electrons. The molecule has 1 aromatic carbocycles. The number of anilines is 1. The SMILES string of the molecule is C=CCN(CC(=O)O)c1cnc2ccccc2n1. The monoisotopic (exact) mass is 243 g/mol. The van der Waals surface area contributed by atoms with E-state index >= 15 is 0 Å². The van der Waals surface area contributed by atoms with Gasteiger partial charge < -0.3 is 10.0 Å². The maximum atomic E-state index is 10.8. The van der Waals surface area contributed by atoms with Gasteiger partial charge in [0.1, 0.15) is 12.4 Å². The Labute approximate surface area is 104 Å². The van der Waals surface area contributed by atoms with Crippen molar-refractivity contribution in [2.75, 3.05) is 18.0 Å². The molecule has 0 aliphatic heterocycles. The maximum absolute atomic E-state index is 10.8. The number of hydrogen-bond donors (Lipinski definition) is 1. The van der Waals surface area contributed by atoms with Crippen LogP contribution >= 0.6 is 0 Å². The second-order valence-corrected chi connectivity index (χ2v) is 3.78. The van der Waals surface area contributed by atoms with Crippen LogP contribution in [0.15, 0.2) is 43.1 Å². The van der Waals surface area contributed by atoms with Gasteiger partial charge in [-0.3, -0.25) is 9.78 Å². The van der Waals surface area contributed by atoms with Crippen LogP contribution in [-0.4, -0.2) is 34.1 Å². The average Bonchev–Trinajstić information content (AvgIpc) is 2.37. The quantitative estimate of drug-likeness (QED) is 0.810. The van der Waals surface area contributed by atoms with Gasteiger partial charge in [-0.05, 0) is 12.1 Å². The molecular formula is C13H13N3O2. The molecule has 0 atom stereocenters. The Morgan fingerprint density at radius 2 is 2.11 bits per heavy atom. The number of carboxylic acids is 1. The van der Waals surface area contributed by atoms with Gasteiger partial charge >= 0.3 is 5.97 Å². The molecular weight excluding hydrogens is 230 g/mol. The van der Waals surface area contributed by atoms with Gasteiger partial charge in [-0.2, -0.15) is 0 Å². The summed E-state index contributed by atoms with van der Waals surface area (Å²) in [5, 5.41) is 8.86. The summed E-state index contributed by atoms with van der Waals surface area (Å²) in [5.74, 6) is -0.372. The third-order valence-corrected chi connectivity index (χ3v) is 2.44. The van der Waals surface area contributed by atoms with E-state index in [0.29, 0.717) is 12.4 Å². The second-order valence-electron chi connectivity index (χ2n) is 3.78. The van der Waals surface area contributed by atoms with Gasteiger partial charge in [-0.15, -0.1) is 6.58 Å². The highest BCUT2D eigenvalue weighted by Gasteiger charge is 2.11. The lowest BCUT2D eigenvalue weighted by atomic mass is 10.3. The highest BCUT2D eigenvalue weighted by molar-refractivity contribution is 5.77. The van der Waals surface area contributed by atoms with Crippen molar-refractivity contribution >= 4 is 22.8 Å². The van der Waals surface area contributed by atoms with Crippen molar-refractivity contribution in [2.45, 2.75) is 0 Å². The minimum atomic E-state index is -0.910. The number of aliphatic carboxylic acids is 1. The molecule has 18 heavy (non-hydrogen) atoms. The predicted molar refractivity (Wildman–Crippen MR) is 69.6 cm³/mol. The molecule has 0 aliphatic carbocycles. The van der Waals surface area contributed by atoms with Gasteiger partial charge in [-0.25, -0.2) is 4.98 Å². The summed E-state index contributed by atoms with van der Waals surface area (Å²) < 4.78 is 0. The molecule has 0 saturated heterocycles. The smallest absolute Gasteiger partial charge is 0.323 e. The van der Waals surface area contributed by atoms with E-state index in [9.17, 15) is 4.79 Å². The molecule has 1 aromatic heterocycles. The number of fused-ring (bicyclic) bond motifs is 1. The van der Waals surface area contributed by atoms with Gasteiger partial charge in [0.05, 0.1) is 17.2 Å². The molecule has 2 rings (SSSR count). The van der Waals surface area contributed by atoms with Crippen molar-refractivity contribution in [3.63, 3.8) is 0 Å². The van der Waals surface area contributed by atoms with Gasteiger partial charge in [0.15, 0.2) is 0 Å². The molecule has 5 heteroatoms. The first-order chi connectivity index (χ1) is 8.70. The molecule has 1 N–H and O–H groups in total. The summed E-state index contributed by atoms with van der Waals surface area (Å²) >= 11 is 0. The van der Waals surface area contributed by atoms with Crippen LogP contribution in [0.2, 0.25) is 0 Å². The highest BCUT2D eigenvalue weighted by atomic mass is 16.4. The highest BCUT2D eigenvalue weighted by Crippen LogP contribution is 2.14. The number of carbonyl (C=O) groups is 1. The standard InChI is InChI=1S/C13H13N3O2/c1-2-7-16(9-13(17)18)12-8-14-10-5-3-4-6-11(10)15-12/h2-6,8H,1,7,9H2,(H,17,18). The zero-order chi connectivity index (χ0) is 13.0. The van der Waals surface area contributed by atoms with Gasteiger partial charge in [-0.1, -0.05) is 18.2 Å². The molecule has 92 valence electrons. The largest absolute Gasteiger partial charge is 0.480 e. The molecule has 0 bridgehead atoms. The maximum Gasteiger partial charge on any atom is 0.323 e. The first kappa shape index (κ1) is 12.0. The van der Waals surface area contributed by atoms with E-state index in [1.54, 1.807) is 17.2 Å².